The Bertz CT molecular complexity index is 1070. The van der Waals surface area contributed by atoms with E-state index in [2.05, 4.69) is 4.57 Å². The van der Waals surface area contributed by atoms with Crippen LogP contribution in [0, 0.1) is 5.41 Å². The van der Waals surface area contributed by atoms with Gasteiger partial charge in [0.25, 0.3) is 0 Å². The molecule has 0 N–H and O–H groups in total. The van der Waals surface area contributed by atoms with E-state index in [-0.39, 0.29) is 5.78 Å². The molecule has 0 spiro atoms. The van der Waals surface area contributed by atoms with E-state index in [1.165, 1.54) is 0 Å². The molecule has 0 aliphatic heterocycles. The monoisotopic (exact) mass is 331 g/mol. The van der Waals surface area contributed by atoms with E-state index in [9.17, 15) is 4.79 Å². The number of rotatable bonds is 2. The van der Waals surface area contributed by atoms with Gasteiger partial charge in [-0.3, -0.25) is 4.79 Å². The highest BCUT2D eigenvalue weighted by atomic mass is 16.3. The molecule has 0 radical (unpaired) electrons. The molecule has 0 bridgehead atoms. The second kappa shape index (κ2) is 5.35. The highest BCUT2D eigenvalue weighted by molar-refractivity contribution is 6.15. The summed E-state index contributed by atoms with van der Waals surface area (Å²) in [5.74, 6) is 0.854. The molecular weight excluding hydrogens is 310 g/mol. The minimum absolute atomic E-state index is 0.125. The maximum Gasteiger partial charge on any atom is 0.171 e. The molecule has 126 valence electrons. The Morgan fingerprint density at radius 1 is 1.00 bits per heavy atom. The van der Waals surface area contributed by atoms with E-state index in [0.717, 1.165) is 38.9 Å². The number of carbonyl (C=O) groups is 1. The molecule has 2 aromatic carbocycles. The number of aryl methyl sites for hydroxylation is 1. The first-order valence-electron chi connectivity index (χ1n) is 8.49. The number of ketones is 1. The number of hydrogen-bond donors (Lipinski definition) is 0. The molecule has 3 nitrogen and oxygen atoms in total. The third kappa shape index (κ3) is 2.39. The van der Waals surface area contributed by atoms with Crippen molar-refractivity contribution < 1.29 is 9.21 Å². The summed E-state index contributed by atoms with van der Waals surface area (Å²) in [5.41, 5.74) is 2.98. The molecule has 4 rings (SSSR count). The molecule has 0 fully saturated rings. The van der Waals surface area contributed by atoms with Crippen LogP contribution in [0.25, 0.3) is 33.3 Å². The number of fused-ring (bicyclic) bond motifs is 2. The van der Waals surface area contributed by atoms with Crippen LogP contribution in [0.4, 0.5) is 0 Å². The lowest BCUT2D eigenvalue weighted by molar-refractivity contribution is 0.0860. The van der Waals surface area contributed by atoms with Gasteiger partial charge in [0, 0.05) is 28.8 Å². The number of Topliss-reactive ketones (excluding diaryl/α,β-unsaturated/α-hetero) is 1. The fourth-order valence-corrected chi connectivity index (χ4v) is 3.39. The predicted molar refractivity (Wildman–Crippen MR) is 102 cm³/mol. The summed E-state index contributed by atoms with van der Waals surface area (Å²) >= 11 is 0. The summed E-state index contributed by atoms with van der Waals surface area (Å²) in [4.78, 5) is 13.2. The second-order valence-corrected chi connectivity index (χ2v) is 7.53. The first-order valence-corrected chi connectivity index (χ1v) is 8.49. The molecule has 0 saturated heterocycles. The van der Waals surface area contributed by atoms with Gasteiger partial charge in [0.1, 0.15) is 5.58 Å². The van der Waals surface area contributed by atoms with E-state index in [0.29, 0.717) is 0 Å². The van der Waals surface area contributed by atoms with Crippen LogP contribution < -0.4 is 0 Å². The Hall–Kier alpha value is -2.81. The summed E-state index contributed by atoms with van der Waals surface area (Å²) < 4.78 is 8.16. The highest BCUT2D eigenvalue weighted by Crippen LogP contribution is 2.38. The molecule has 0 amide bonds. The molecule has 0 atom stereocenters. The second-order valence-electron chi connectivity index (χ2n) is 7.53. The molecule has 0 aliphatic rings. The van der Waals surface area contributed by atoms with E-state index in [1.54, 1.807) is 0 Å². The Balaban J connectivity index is 2.09. The summed E-state index contributed by atoms with van der Waals surface area (Å²) in [5, 5.41) is 2.01. The lowest BCUT2D eigenvalue weighted by Crippen LogP contribution is -2.20. The standard InChI is InChI=1S/C22H21NO2/c1-22(2,3)21(24)19-15-10-6-7-11-16(15)23(4)20(19)18-13-14-9-5-8-12-17(14)25-18/h5-13H,1-4H3. The van der Waals surface area contributed by atoms with Crippen molar-refractivity contribution in [1.82, 2.24) is 4.57 Å². The van der Waals surface area contributed by atoms with Crippen LogP contribution in [0.5, 0.6) is 0 Å². The molecule has 3 heteroatoms. The zero-order valence-corrected chi connectivity index (χ0v) is 15.0. The van der Waals surface area contributed by atoms with Crippen LogP contribution in [0.2, 0.25) is 0 Å². The van der Waals surface area contributed by atoms with E-state index in [4.69, 9.17) is 4.42 Å². The molecule has 2 aromatic heterocycles. The number of para-hydroxylation sites is 2. The smallest absolute Gasteiger partial charge is 0.171 e. The number of hydrogen-bond acceptors (Lipinski definition) is 2. The van der Waals surface area contributed by atoms with E-state index in [1.807, 2.05) is 82.4 Å². The number of benzene rings is 2. The van der Waals surface area contributed by atoms with Crippen molar-refractivity contribution >= 4 is 27.7 Å². The molecular formula is C22H21NO2. The maximum atomic E-state index is 13.2. The first kappa shape index (κ1) is 15.7. The van der Waals surface area contributed by atoms with Gasteiger partial charge < -0.3 is 8.98 Å². The lowest BCUT2D eigenvalue weighted by atomic mass is 9.85. The average Bonchev–Trinajstić information content (AvgIpc) is 3.12. The molecule has 4 aromatic rings. The lowest BCUT2D eigenvalue weighted by Gasteiger charge is -2.17. The minimum atomic E-state index is -0.467. The van der Waals surface area contributed by atoms with Gasteiger partial charge in [0.05, 0.1) is 11.3 Å². The van der Waals surface area contributed by atoms with Gasteiger partial charge in [-0.2, -0.15) is 0 Å². The number of aromatic nitrogens is 1. The van der Waals surface area contributed by atoms with Gasteiger partial charge in [0.15, 0.2) is 11.5 Å². The van der Waals surface area contributed by atoms with Crippen LogP contribution in [0.1, 0.15) is 31.1 Å². The van der Waals surface area contributed by atoms with E-state index >= 15 is 0 Å². The molecule has 25 heavy (non-hydrogen) atoms. The van der Waals surface area contributed by atoms with Gasteiger partial charge in [-0.1, -0.05) is 57.2 Å². The van der Waals surface area contributed by atoms with Gasteiger partial charge >= 0.3 is 0 Å². The minimum Gasteiger partial charge on any atom is -0.454 e. The molecule has 0 aliphatic carbocycles. The summed E-state index contributed by atoms with van der Waals surface area (Å²) in [6, 6.07) is 18.0. The summed E-state index contributed by atoms with van der Waals surface area (Å²) in [6.07, 6.45) is 0. The van der Waals surface area contributed by atoms with Crippen LogP contribution in [-0.2, 0) is 7.05 Å². The fourth-order valence-electron chi connectivity index (χ4n) is 3.39. The largest absolute Gasteiger partial charge is 0.454 e. The zero-order valence-electron chi connectivity index (χ0n) is 15.0. The van der Waals surface area contributed by atoms with Crippen LogP contribution in [0.3, 0.4) is 0 Å². The highest BCUT2D eigenvalue weighted by Gasteiger charge is 2.31. The summed E-state index contributed by atoms with van der Waals surface area (Å²) in [6.45, 7) is 5.87. The third-order valence-corrected chi connectivity index (χ3v) is 4.67. The molecule has 0 unspecified atom stereocenters. The molecule has 2 heterocycles. The fraction of sp³-hybridized carbons (Fsp3) is 0.227. The first-order chi connectivity index (χ1) is 11.9. The van der Waals surface area contributed by atoms with Crippen LogP contribution in [-0.4, -0.2) is 10.4 Å². The van der Waals surface area contributed by atoms with Crippen molar-refractivity contribution in [2.75, 3.05) is 0 Å². The number of nitrogens with zero attached hydrogens (tertiary/aromatic N) is 1. The summed E-state index contributed by atoms with van der Waals surface area (Å²) in [7, 11) is 1.99. The Kier molecular flexibility index (Phi) is 3.36. The van der Waals surface area contributed by atoms with Gasteiger partial charge in [0.2, 0.25) is 0 Å². The van der Waals surface area contributed by atoms with Crippen LogP contribution in [0.15, 0.2) is 59.0 Å². The zero-order chi connectivity index (χ0) is 17.8. The third-order valence-electron chi connectivity index (χ3n) is 4.67. The van der Waals surface area contributed by atoms with Crippen LogP contribution >= 0.6 is 0 Å². The number of furan rings is 1. The van der Waals surface area contributed by atoms with Crippen molar-refractivity contribution in [3.63, 3.8) is 0 Å². The van der Waals surface area contributed by atoms with Gasteiger partial charge in [-0.05, 0) is 18.2 Å². The van der Waals surface area contributed by atoms with Crippen molar-refractivity contribution in [2.45, 2.75) is 20.8 Å². The Labute approximate surface area is 146 Å². The Morgan fingerprint density at radius 3 is 2.40 bits per heavy atom. The van der Waals surface area contributed by atoms with Crippen molar-refractivity contribution in [3.05, 3.63) is 60.2 Å². The topological polar surface area (TPSA) is 35.1 Å². The Morgan fingerprint density at radius 2 is 1.68 bits per heavy atom. The van der Waals surface area contributed by atoms with Gasteiger partial charge in [-0.15, -0.1) is 0 Å². The quantitative estimate of drug-likeness (QED) is 0.434. The van der Waals surface area contributed by atoms with E-state index < -0.39 is 5.41 Å². The average molecular weight is 331 g/mol. The normalized spacial score (nSPS) is 12.2. The van der Waals surface area contributed by atoms with Crippen molar-refractivity contribution in [2.24, 2.45) is 12.5 Å². The van der Waals surface area contributed by atoms with Gasteiger partial charge in [-0.25, -0.2) is 0 Å². The SMILES string of the molecule is Cn1c(-c2cc3ccccc3o2)c(C(=O)C(C)(C)C)c2ccccc21. The van der Waals surface area contributed by atoms with Crippen molar-refractivity contribution in [3.8, 4) is 11.5 Å². The number of carbonyl (C=O) groups excluding carboxylic acids is 1. The predicted octanol–water partition coefficient (Wildman–Crippen LogP) is 5.82. The van der Waals surface area contributed by atoms with Crippen molar-refractivity contribution in [1.29, 1.82) is 0 Å². The maximum absolute atomic E-state index is 13.2. The molecule has 0 saturated carbocycles.